The van der Waals surface area contributed by atoms with Crippen molar-refractivity contribution in [3.05, 3.63) is 47.0 Å². The molecule has 0 saturated carbocycles. The maximum Gasteiger partial charge on any atom is 0.0294 e. The van der Waals surface area contributed by atoms with E-state index in [-0.39, 0.29) is 0 Å². The summed E-state index contributed by atoms with van der Waals surface area (Å²) in [6, 6.07) is 9.95. The highest BCUT2D eigenvalue weighted by Crippen LogP contribution is 2.18. The van der Waals surface area contributed by atoms with Gasteiger partial charge in [-0.25, -0.2) is 0 Å². The van der Waals surface area contributed by atoms with Gasteiger partial charge >= 0.3 is 0 Å². The molecule has 116 valence electrons. The van der Waals surface area contributed by atoms with Gasteiger partial charge in [-0.15, -0.1) is 0 Å². The van der Waals surface area contributed by atoms with E-state index in [2.05, 4.69) is 68.3 Å². The van der Waals surface area contributed by atoms with E-state index in [9.17, 15) is 0 Å². The van der Waals surface area contributed by atoms with Crippen LogP contribution in [0.2, 0.25) is 0 Å². The predicted octanol–water partition coefficient (Wildman–Crippen LogP) is 4.08. The summed E-state index contributed by atoms with van der Waals surface area (Å²) in [5.74, 6) is 0. The van der Waals surface area contributed by atoms with Gasteiger partial charge in [0, 0.05) is 18.6 Å². The summed E-state index contributed by atoms with van der Waals surface area (Å²) < 4.78 is 0. The zero-order valence-electron chi connectivity index (χ0n) is 14.0. The minimum absolute atomic E-state index is 0.444. The summed E-state index contributed by atoms with van der Waals surface area (Å²) >= 11 is 0. The van der Waals surface area contributed by atoms with E-state index in [1.54, 1.807) is 0 Å². The van der Waals surface area contributed by atoms with Crippen LogP contribution in [0.25, 0.3) is 0 Å². The van der Waals surface area contributed by atoms with Gasteiger partial charge in [-0.05, 0) is 59.2 Å². The van der Waals surface area contributed by atoms with Gasteiger partial charge in [-0.1, -0.05) is 41.5 Å². The molecule has 2 nitrogen and oxygen atoms in total. The lowest BCUT2D eigenvalue weighted by Crippen LogP contribution is -2.43. The molecular formula is C19H30N2. The minimum Gasteiger partial charge on any atom is -0.307 e. The van der Waals surface area contributed by atoms with E-state index in [1.807, 2.05) is 0 Å². The minimum atomic E-state index is 0.444. The Balaban J connectivity index is 1.79. The van der Waals surface area contributed by atoms with Crippen LogP contribution in [-0.2, 0) is 0 Å². The SMILES string of the molecule is CC(C)=CCN1CCC(N[C@H](C)c2cccc(C)c2)CC1. The normalized spacial score (nSPS) is 18.5. The molecular weight excluding hydrogens is 256 g/mol. The highest BCUT2D eigenvalue weighted by molar-refractivity contribution is 5.24. The third kappa shape index (κ3) is 5.29. The van der Waals surface area contributed by atoms with Crippen LogP contribution >= 0.6 is 0 Å². The second kappa shape index (κ2) is 7.77. The van der Waals surface area contributed by atoms with E-state index in [1.165, 1.54) is 42.6 Å². The van der Waals surface area contributed by atoms with E-state index in [0.29, 0.717) is 12.1 Å². The summed E-state index contributed by atoms with van der Waals surface area (Å²) in [5, 5.41) is 3.81. The van der Waals surface area contributed by atoms with Crippen molar-refractivity contribution >= 4 is 0 Å². The Hall–Kier alpha value is -1.12. The average Bonchev–Trinajstić information content (AvgIpc) is 2.46. The van der Waals surface area contributed by atoms with E-state index >= 15 is 0 Å². The largest absolute Gasteiger partial charge is 0.307 e. The molecule has 1 heterocycles. The average molecular weight is 286 g/mol. The van der Waals surface area contributed by atoms with Crippen molar-refractivity contribution in [2.45, 2.75) is 52.6 Å². The van der Waals surface area contributed by atoms with Crippen molar-refractivity contribution in [2.75, 3.05) is 19.6 Å². The quantitative estimate of drug-likeness (QED) is 0.821. The lowest BCUT2D eigenvalue weighted by atomic mass is 10.0. The number of benzene rings is 1. The highest BCUT2D eigenvalue weighted by atomic mass is 15.1. The Morgan fingerprint density at radius 3 is 2.67 bits per heavy atom. The molecule has 0 unspecified atom stereocenters. The van der Waals surface area contributed by atoms with Crippen LogP contribution in [0.1, 0.15) is 50.8 Å². The summed E-state index contributed by atoms with van der Waals surface area (Å²) in [7, 11) is 0. The summed E-state index contributed by atoms with van der Waals surface area (Å²) in [6.07, 6.45) is 4.85. The zero-order valence-corrected chi connectivity index (χ0v) is 14.0. The molecule has 1 N–H and O–H groups in total. The van der Waals surface area contributed by atoms with Crippen LogP contribution in [0.15, 0.2) is 35.9 Å². The Morgan fingerprint density at radius 2 is 2.05 bits per heavy atom. The summed E-state index contributed by atoms with van der Waals surface area (Å²) in [5.41, 5.74) is 4.17. The number of allylic oxidation sites excluding steroid dienone is 1. The van der Waals surface area contributed by atoms with Crippen molar-refractivity contribution in [3.8, 4) is 0 Å². The molecule has 2 rings (SSSR count). The molecule has 2 heteroatoms. The standard InChI is InChI=1S/C19H30N2/c1-15(2)8-11-21-12-9-19(10-13-21)20-17(4)18-7-5-6-16(3)14-18/h5-8,14,17,19-20H,9-13H2,1-4H3/t17-/m1/s1. The molecule has 1 saturated heterocycles. The molecule has 0 radical (unpaired) electrons. The summed E-state index contributed by atoms with van der Waals surface area (Å²) in [4.78, 5) is 2.56. The maximum atomic E-state index is 3.81. The molecule has 0 aliphatic carbocycles. The van der Waals surface area contributed by atoms with Crippen molar-refractivity contribution in [1.29, 1.82) is 0 Å². The second-order valence-corrected chi connectivity index (χ2v) is 6.66. The Morgan fingerprint density at radius 1 is 1.33 bits per heavy atom. The fourth-order valence-corrected chi connectivity index (χ4v) is 2.98. The molecule has 1 fully saturated rings. The molecule has 0 spiro atoms. The van der Waals surface area contributed by atoms with Gasteiger partial charge in [0.1, 0.15) is 0 Å². The van der Waals surface area contributed by atoms with E-state index in [0.717, 1.165) is 6.54 Å². The predicted molar refractivity (Wildman–Crippen MR) is 91.6 cm³/mol. The van der Waals surface area contributed by atoms with Crippen molar-refractivity contribution < 1.29 is 0 Å². The number of hydrogen-bond acceptors (Lipinski definition) is 2. The maximum absolute atomic E-state index is 3.81. The van der Waals surface area contributed by atoms with Crippen LogP contribution in [0.3, 0.4) is 0 Å². The van der Waals surface area contributed by atoms with Gasteiger partial charge in [0.2, 0.25) is 0 Å². The monoisotopic (exact) mass is 286 g/mol. The number of nitrogens with zero attached hydrogens (tertiary/aromatic N) is 1. The van der Waals surface area contributed by atoms with Crippen LogP contribution in [0.4, 0.5) is 0 Å². The van der Waals surface area contributed by atoms with Crippen LogP contribution in [0, 0.1) is 6.92 Å². The molecule has 0 bridgehead atoms. The molecule has 1 aliphatic heterocycles. The number of likely N-dealkylation sites (tertiary alicyclic amines) is 1. The Kier molecular flexibility index (Phi) is 6.01. The van der Waals surface area contributed by atoms with Gasteiger partial charge < -0.3 is 5.32 Å². The third-order valence-electron chi connectivity index (χ3n) is 4.37. The van der Waals surface area contributed by atoms with Crippen molar-refractivity contribution in [3.63, 3.8) is 0 Å². The topological polar surface area (TPSA) is 15.3 Å². The molecule has 0 amide bonds. The number of piperidine rings is 1. The van der Waals surface area contributed by atoms with Crippen LogP contribution < -0.4 is 5.32 Å². The van der Waals surface area contributed by atoms with Crippen LogP contribution in [-0.4, -0.2) is 30.6 Å². The molecule has 0 aromatic heterocycles. The number of hydrogen-bond donors (Lipinski definition) is 1. The number of rotatable bonds is 5. The number of aryl methyl sites for hydroxylation is 1. The molecule has 1 aromatic rings. The third-order valence-corrected chi connectivity index (χ3v) is 4.37. The first-order chi connectivity index (χ1) is 10.0. The van der Waals surface area contributed by atoms with Gasteiger partial charge in [0.25, 0.3) is 0 Å². The van der Waals surface area contributed by atoms with Gasteiger partial charge in [-0.3, -0.25) is 4.90 Å². The fourth-order valence-electron chi connectivity index (χ4n) is 2.98. The Labute approximate surface area is 130 Å². The smallest absolute Gasteiger partial charge is 0.0294 e. The fraction of sp³-hybridized carbons (Fsp3) is 0.579. The van der Waals surface area contributed by atoms with Gasteiger partial charge in [0.15, 0.2) is 0 Å². The first kappa shape index (κ1) is 16.3. The molecule has 1 aliphatic rings. The van der Waals surface area contributed by atoms with Crippen molar-refractivity contribution in [2.24, 2.45) is 0 Å². The van der Waals surface area contributed by atoms with Crippen molar-refractivity contribution in [1.82, 2.24) is 10.2 Å². The molecule has 1 atom stereocenters. The van der Waals surface area contributed by atoms with Crippen LogP contribution in [0.5, 0.6) is 0 Å². The highest BCUT2D eigenvalue weighted by Gasteiger charge is 2.20. The molecule has 1 aromatic carbocycles. The zero-order chi connectivity index (χ0) is 15.2. The number of nitrogens with one attached hydrogen (secondary N) is 1. The van der Waals surface area contributed by atoms with Gasteiger partial charge in [0.05, 0.1) is 0 Å². The first-order valence-electron chi connectivity index (χ1n) is 8.23. The van der Waals surface area contributed by atoms with E-state index in [4.69, 9.17) is 0 Å². The summed E-state index contributed by atoms with van der Waals surface area (Å²) in [6.45, 7) is 12.3. The van der Waals surface area contributed by atoms with Gasteiger partial charge in [-0.2, -0.15) is 0 Å². The lowest BCUT2D eigenvalue weighted by molar-refractivity contribution is 0.208. The molecule has 21 heavy (non-hydrogen) atoms. The lowest BCUT2D eigenvalue weighted by Gasteiger charge is -2.33. The van der Waals surface area contributed by atoms with E-state index < -0.39 is 0 Å². The second-order valence-electron chi connectivity index (χ2n) is 6.66. The first-order valence-corrected chi connectivity index (χ1v) is 8.23. The Bertz CT molecular complexity index is 466.